The van der Waals surface area contributed by atoms with Crippen LogP contribution in [0.3, 0.4) is 0 Å². The van der Waals surface area contributed by atoms with Crippen molar-refractivity contribution < 1.29 is 9.59 Å². The molecule has 1 N–H and O–H groups in total. The minimum atomic E-state index is 0.0270. The van der Waals surface area contributed by atoms with Crippen LogP contribution in [-0.4, -0.2) is 61.4 Å². The zero-order valence-corrected chi connectivity index (χ0v) is 17.2. The number of piperidine rings is 1. The zero-order chi connectivity index (χ0) is 19.6. The number of carbonyl (C=O) groups is 2. The van der Waals surface area contributed by atoms with Crippen molar-refractivity contribution in [1.82, 2.24) is 15.1 Å². The number of carbonyl (C=O) groups excluding carboxylic acids is 2. The zero-order valence-electron chi connectivity index (χ0n) is 17.2. The summed E-state index contributed by atoms with van der Waals surface area (Å²) in [6.45, 7) is 8.32. The Kier molecular flexibility index (Phi) is 8.79. The molecular weight excluding hydrogens is 338 g/mol. The highest BCUT2D eigenvalue weighted by atomic mass is 16.2. The Morgan fingerprint density at radius 2 is 1.74 bits per heavy atom. The summed E-state index contributed by atoms with van der Waals surface area (Å²) in [5.74, 6) is 0.777. The highest BCUT2D eigenvalue weighted by Crippen LogP contribution is 2.22. The molecule has 0 bridgehead atoms. The molecule has 5 heteroatoms. The van der Waals surface area contributed by atoms with E-state index in [1.807, 2.05) is 35.0 Å². The van der Waals surface area contributed by atoms with E-state index in [4.69, 9.17) is 0 Å². The summed E-state index contributed by atoms with van der Waals surface area (Å²) in [6.07, 6.45) is 5.17. The molecule has 0 atom stereocenters. The van der Waals surface area contributed by atoms with E-state index < -0.39 is 0 Å². The standard InChI is InChI=1S/C22H35N3O2/c1-4-13-24(14-5-2)21(26)19-7-6-8-20(17-19)22(27)25-15-10-18(11-16-25)9-12-23-3/h6-8,17-18,23H,4-5,9-16H2,1-3H3. The first-order chi connectivity index (χ1) is 13.1. The molecule has 2 rings (SSSR count). The molecule has 0 aliphatic carbocycles. The predicted molar refractivity (Wildman–Crippen MR) is 110 cm³/mol. The molecule has 1 fully saturated rings. The van der Waals surface area contributed by atoms with Gasteiger partial charge in [0, 0.05) is 37.3 Å². The smallest absolute Gasteiger partial charge is 0.253 e. The van der Waals surface area contributed by atoms with Crippen molar-refractivity contribution in [1.29, 1.82) is 0 Å². The van der Waals surface area contributed by atoms with Gasteiger partial charge in [0.05, 0.1) is 0 Å². The van der Waals surface area contributed by atoms with Gasteiger partial charge in [-0.3, -0.25) is 9.59 Å². The monoisotopic (exact) mass is 373 g/mol. The van der Waals surface area contributed by atoms with E-state index in [9.17, 15) is 9.59 Å². The number of hydrogen-bond acceptors (Lipinski definition) is 3. The van der Waals surface area contributed by atoms with Crippen molar-refractivity contribution in [3.8, 4) is 0 Å². The van der Waals surface area contributed by atoms with Gasteiger partial charge in [-0.2, -0.15) is 0 Å². The second kappa shape index (κ2) is 11.1. The van der Waals surface area contributed by atoms with Crippen LogP contribution in [0.1, 0.15) is 66.7 Å². The Labute approximate surface area is 164 Å². The molecule has 1 aliphatic heterocycles. The molecule has 1 aliphatic rings. The van der Waals surface area contributed by atoms with Gasteiger partial charge < -0.3 is 15.1 Å². The van der Waals surface area contributed by atoms with Gasteiger partial charge in [0.15, 0.2) is 0 Å². The average molecular weight is 374 g/mol. The van der Waals surface area contributed by atoms with Gasteiger partial charge in [0.2, 0.25) is 0 Å². The minimum absolute atomic E-state index is 0.0270. The molecular formula is C22H35N3O2. The summed E-state index contributed by atoms with van der Waals surface area (Å²) < 4.78 is 0. The third kappa shape index (κ3) is 6.06. The number of amides is 2. The fraction of sp³-hybridized carbons (Fsp3) is 0.636. The van der Waals surface area contributed by atoms with Crippen LogP contribution in [0.4, 0.5) is 0 Å². The lowest BCUT2D eigenvalue weighted by Gasteiger charge is -2.32. The molecule has 0 spiro atoms. The SMILES string of the molecule is CCCN(CCC)C(=O)c1cccc(C(=O)N2CCC(CCNC)CC2)c1. The van der Waals surface area contributed by atoms with Gasteiger partial charge in [0.1, 0.15) is 0 Å². The van der Waals surface area contributed by atoms with Crippen molar-refractivity contribution in [3.05, 3.63) is 35.4 Å². The molecule has 0 unspecified atom stereocenters. The first-order valence-corrected chi connectivity index (χ1v) is 10.4. The van der Waals surface area contributed by atoms with Crippen molar-refractivity contribution in [2.24, 2.45) is 5.92 Å². The van der Waals surface area contributed by atoms with Crippen LogP contribution in [0.5, 0.6) is 0 Å². The van der Waals surface area contributed by atoms with E-state index in [2.05, 4.69) is 19.2 Å². The van der Waals surface area contributed by atoms with Gasteiger partial charge in [0.25, 0.3) is 11.8 Å². The van der Waals surface area contributed by atoms with Crippen LogP contribution in [0.25, 0.3) is 0 Å². The maximum atomic E-state index is 12.9. The number of nitrogens with one attached hydrogen (secondary N) is 1. The van der Waals surface area contributed by atoms with Crippen molar-refractivity contribution >= 4 is 11.8 Å². The van der Waals surface area contributed by atoms with Crippen molar-refractivity contribution in [2.45, 2.75) is 46.0 Å². The van der Waals surface area contributed by atoms with Gasteiger partial charge in [-0.15, -0.1) is 0 Å². The summed E-state index contributed by atoms with van der Waals surface area (Å²) in [6, 6.07) is 7.25. The lowest BCUT2D eigenvalue weighted by atomic mass is 9.93. The van der Waals surface area contributed by atoms with Crippen LogP contribution in [0.2, 0.25) is 0 Å². The molecule has 1 saturated heterocycles. The highest BCUT2D eigenvalue weighted by Gasteiger charge is 2.24. The molecule has 2 amide bonds. The molecule has 1 heterocycles. The molecule has 150 valence electrons. The fourth-order valence-corrected chi connectivity index (χ4v) is 3.78. The summed E-state index contributed by atoms with van der Waals surface area (Å²) >= 11 is 0. The molecule has 0 aromatic heterocycles. The second-order valence-corrected chi connectivity index (χ2v) is 7.50. The van der Waals surface area contributed by atoms with E-state index in [0.717, 1.165) is 58.4 Å². The Morgan fingerprint density at radius 1 is 1.11 bits per heavy atom. The van der Waals surface area contributed by atoms with E-state index >= 15 is 0 Å². The average Bonchev–Trinajstić information content (AvgIpc) is 2.71. The lowest BCUT2D eigenvalue weighted by molar-refractivity contribution is 0.0687. The Balaban J connectivity index is 2.02. The number of benzene rings is 1. The number of likely N-dealkylation sites (tertiary alicyclic amines) is 1. The maximum absolute atomic E-state index is 12.9. The third-order valence-corrected chi connectivity index (χ3v) is 5.34. The summed E-state index contributed by atoms with van der Waals surface area (Å²) in [4.78, 5) is 29.5. The predicted octanol–water partition coefficient (Wildman–Crippen LogP) is 3.41. The quantitative estimate of drug-likeness (QED) is 0.722. The molecule has 1 aromatic carbocycles. The van der Waals surface area contributed by atoms with Crippen molar-refractivity contribution in [3.63, 3.8) is 0 Å². The summed E-state index contributed by atoms with van der Waals surface area (Å²) in [7, 11) is 1.98. The largest absolute Gasteiger partial charge is 0.339 e. The number of rotatable bonds is 9. The first kappa shape index (κ1) is 21.4. The molecule has 1 aromatic rings. The van der Waals surface area contributed by atoms with Crippen LogP contribution in [0, 0.1) is 5.92 Å². The topological polar surface area (TPSA) is 52.7 Å². The van der Waals surface area contributed by atoms with Crippen LogP contribution < -0.4 is 5.32 Å². The van der Waals surface area contributed by atoms with Gasteiger partial charge in [-0.05, 0) is 69.8 Å². The normalized spacial score (nSPS) is 15.0. The Morgan fingerprint density at radius 3 is 2.33 bits per heavy atom. The van der Waals surface area contributed by atoms with E-state index in [1.165, 1.54) is 6.42 Å². The van der Waals surface area contributed by atoms with Crippen molar-refractivity contribution in [2.75, 3.05) is 39.8 Å². The number of nitrogens with zero attached hydrogens (tertiary/aromatic N) is 2. The van der Waals surface area contributed by atoms with Gasteiger partial charge in [-0.1, -0.05) is 19.9 Å². The Bertz CT molecular complexity index is 603. The van der Waals surface area contributed by atoms with E-state index in [1.54, 1.807) is 6.07 Å². The van der Waals surface area contributed by atoms with E-state index in [0.29, 0.717) is 17.0 Å². The third-order valence-electron chi connectivity index (χ3n) is 5.34. The van der Waals surface area contributed by atoms with Crippen LogP contribution in [-0.2, 0) is 0 Å². The second-order valence-electron chi connectivity index (χ2n) is 7.50. The lowest BCUT2D eigenvalue weighted by Crippen LogP contribution is -2.39. The highest BCUT2D eigenvalue weighted by molar-refractivity contribution is 5.99. The summed E-state index contributed by atoms with van der Waals surface area (Å²) in [5.41, 5.74) is 1.24. The maximum Gasteiger partial charge on any atom is 0.253 e. The first-order valence-electron chi connectivity index (χ1n) is 10.4. The van der Waals surface area contributed by atoms with Crippen LogP contribution >= 0.6 is 0 Å². The number of hydrogen-bond donors (Lipinski definition) is 1. The Hall–Kier alpha value is -1.88. The summed E-state index contributed by atoms with van der Waals surface area (Å²) in [5, 5.41) is 3.20. The molecule has 5 nitrogen and oxygen atoms in total. The van der Waals surface area contributed by atoms with E-state index in [-0.39, 0.29) is 11.8 Å². The van der Waals surface area contributed by atoms with Gasteiger partial charge in [-0.25, -0.2) is 0 Å². The van der Waals surface area contributed by atoms with Gasteiger partial charge >= 0.3 is 0 Å². The van der Waals surface area contributed by atoms with Crippen LogP contribution in [0.15, 0.2) is 24.3 Å². The fourth-order valence-electron chi connectivity index (χ4n) is 3.78. The molecule has 0 saturated carbocycles. The molecule has 27 heavy (non-hydrogen) atoms. The molecule has 0 radical (unpaired) electrons. The minimum Gasteiger partial charge on any atom is -0.339 e.